The second-order valence-electron chi connectivity index (χ2n) is 6.65. The van der Waals surface area contributed by atoms with Gasteiger partial charge in [-0.2, -0.15) is 12.6 Å². The number of rotatable bonds is 3. The van der Waals surface area contributed by atoms with Crippen LogP contribution in [0.15, 0.2) is 0 Å². The predicted molar refractivity (Wildman–Crippen MR) is 82.5 cm³/mol. The van der Waals surface area contributed by atoms with Crippen LogP contribution in [0.5, 0.6) is 0 Å². The van der Waals surface area contributed by atoms with Gasteiger partial charge < -0.3 is 4.90 Å². The number of nitrogens with zero attached hydrogens (tertiary/aromatic N) is 2. The van der Waals surface area contributed by atoms with Crippen LogP contribution >= 0.6 is 12.6 Å². The molecule has 1 aliphatic carbocycles. The van der Waals surface area contributed by atoms with Crippen molar-refractivity contribution in [2.24, 2.45) is 5.41 Å². The van der Waals surface area contributed by atoms with E-state index < -0.39 is 0 Å². The third-order valence-corrected chi connectivity index (χ3v) is 5.68. The number of thiol groups is 1. The van der Waals surface area contributed by atoms with Gasteiger partial charge in [-0.3, -0.25) is 4.90 Å². The standard InChI is InChI=1S/C15H30N2S/c1-14-11-16(2)9-10-17(14)12-15(13-18)7-5-3-4-6-8-15/h14,18H,3-13H2,1-2H3. The SMILES string of the molecule is CC1CN(C)CCN1CC1(CS)CCCCCC1. The van der Waals surface area contributed by atoms with Crippen LogP contribution in [0.4, 0.5) is 0 Å². The molecular weight excluding hydrogens is 240 g/mol. The molecule has 1 saturated carbocycles. The molecule has 2 aliphatic rings. The van der Waals surface area contributed by atoms with E-state index in [2.05, 4.69) is 23.8 Å². The Bertz CT molecular complexity index is 249. The quantitative estimate of drug-likeness (QED) is 0.622. The third-order valence-electron chi connectivity index (χ3n) is 5.01. The first-order valence-electron chi connectivity index (χ1n) is 7.69. The monoisotopic (exact) mass is 270 g/mol. The molecule has 1 saturated heterocycles. The van der Waals surface area contributed by atoms with Gasteiger partial charge in [-0.25, -0.2) is 0 Å². The van der Waals surface area contributed by atoms with Gasteiger partial charge in [0.15, 0.2) is 0 Å². The van der Waals surface area contributed by atoms with E-state index in [1.54, 1.807) is 0 Å². The Balaban J connectivity index is 1.96. The molecule has 3 heteroatoms. The van der Waals surface area contributed by atoms with Gasteiger partial charge in [0.25, 0.3) is 0 Å². The molecule has 0 bridgehead atoms. The summed E-state index contributed by atoms with van der Waals surface area (Å²) in [4.78, 5) is 5.18. The van der Waals surface area contributed by atoms with Crippen molar-refractivity contribution >= 4 is 12.6 Å². The van der Waals surface area contributed by atoms with Gasteiger partial charge in [0, 0.05) is 32.2 Å². The normalized spacial score (nSPS) is 31.2. The van der Waals surface area contributed by atoms with Crippen molar-refractivity contribution < 1.29 is 0 Å². The Morgan fingerprint density at radius 1 is 1.11 bits per heavy atom. The summed E-state index contributed by atoms with van der Waals surface area (Å²) >= 11 is 4.71. The van der Waals surface area contributed by atoms with E-state index in [4.69, 9.17) is 12.6 Å². The van der Waals surface area contributed by atoms with Gasteiger partial charge in [0.1, 0.15) is 0 Å². The number of piperazine rings is 1. The van der Waals surface area contributed by atoms with Crippen molar-refractivity contribution in [2.75, 3.05) is 39.0 Å². The first-order valence-corrected chi connectivity index (χ1v) is 8.32. The Morgan fingerprint density at radius 2 is 1.78 bits per heavy atom. The molecule has 1 atom stereocenters. The Kier molecular flexibility index (Phi) is 5.40. The molecule has 0 aromatic carbocycles. The zero-order valence-corrected chi connectivity index (χ0v) is 13.1. The van der Waals surface area contributed by atoms with Gasteiger partial charge >= 0.3 is 0 Å². The second-order valence-corrected chi connectivity index (χ2v) is 6.97. The molecule has 106 valence electrons. The number of hydrogen-bond acceptors (Lipinski definition) is 3. The second kappa shape index (κ2) is 6.62. The first-order chi connectivity index (χ1) is 8.65. The van der Waals surface area contributed by atoms with Gasteiger partial charge in [-0.1, -0.05) is 25.7 Å². The molecule has 0 aromatic rings. The van der Waals surface area contributed by atoms with E-state index in [1.807, 2.05) is 0 Å². The molecular formula is C15H30N2S. The van der Waals surface area contributed by atoms with Gasteiger partial charge in [-0.15, -0.1) is 0 Å². The maximum absolute atomic E-state index is 4.71. The average Bonchev–Trinajstić information content (AvgIpc) is 2.59. The first kappa shape index (κ1) is 14.7. The number of hydrogen-bond donors (Lipinski definition) is 1. The third kappa shape index (κ3) is 3.64. The van der Waals surface area contributed by atoms with Crippen LogP contribution in [0.3, 0.4) is 0 Å². The van der Waals surface area contributed by atoms with Crippen LogP contribution in [-0.4, -0.2) is 54.8 Å². The van der Waals surface area contributed by atoms with Crippen LogP contribution in [-0.2, 0) is 0 Å². The molecule has 2 fully saturated rings. The van der Waals surface area contributed by atoms with Gasteiger partial charge in [0.05, 0.1) is 0 Å². The summed E-state index contributed by atoms with van der Waals surface area (Å²) in [6, 6.07) is 0.712. The fourth-order valence-electron chi connectivity index (χ4n) is 3.69. The summed E-state index contributed by atoms with van der Waals surface area (Å²) in [7, 11) is 2.24. The van der Waals surface area contributed by atoms with Crippen LogP contribution < -0.4 is 0 Å². The molecule has 1 unspecified atom stereocenters. The molecule has 2 nitrogen and oxygen atoms in total. The molecule has 2 rings (SSSR count). The lowest BCUT2D eigenvalue weighted by molar-refractivity contribution is 0.0559. The van der Waals surface area contributed by atoms with E-state index >= 15 is 0 Å². The summed E-state index contributed by atoms with van der Waals surface area (Å²) in [5.74, 6) is 1.08. The van der Waals surface area contributed by atoms with E-state index in [1.165, 1.54) is 64.7 Å². The lowest BCUT2D eigenvalue weighted by atomic mass is 9.81. The fourth-order valence-corrected chi connectivity index (χ4v) is 4.10. The Hall–Kier alpha value is 0.270. The number of likely N-dealkylation sites (N-methyl/N-ethyl adjacent to an activating group) is 1. The van der Waals surface area contributed by atoms with Crippen LogP contribution in [0.25, 0.3) is 0 Å². The van der Waals surface area contributed by atoms with Crippen LogP contribution in [0.2, 0.25) is 0 Å². The summed E-state index contributed by atoms with van der Waals surface area (Å²) in [5.41, 5.74) is 0.504. The molecule has 18 heavy (non-hydrogen) atoms. The highest BCUT2D eigenvalue weighted by molar-refractivity contribution is 7.80. The van der Waals surface area contributed by atoms with E-state index in [-0.39, 0.29) is 0 Å². The van der Waals surface area contributed by atoms with Gasteiger partial charge in [0.2, 0.25) is 0 Å². The largest absolute Gasteiger partial charge is 0.304 e. The van der Waals surface area contributed by atoms with Crippen molar-refractivity contribution in [3.05, 3.63) is 0 Å². The summed E-state index contributed by atoms with van der Waals surface area (Å²) < 4.78 is 0. The minimum Gasteiger partial charge on any atom is -0.304 e. The Morgan fingerprint density at radius 3 is 2.33 bits per heavy atom. The molecule has 1 aliphatic heterocycles. The van der Waals surface area contributed by atoms with E-state index in [0.717, 1.165) is 5.75 Å². The minimum absolute atomic E-state index is 0.504. The van der Waals surface area contributed by atoms with Crippen molar-refractivity contribution in [3.63, 3.8) is 0 Å². The van der Waals surface area contributed by atoms with E-state index in [9.17, 15) is 0 Å². The highest BCUT2D eigenvalue weighted by Crippen LogP contribution is 2.37. The maximum Gasteiger partial charge on any atom is 0.0195 e. The topological polar surface area (TPSA) is 6.48 Å². The van der Waals surface area contributed by atoms with Crippen LogP contribution in [0.1, 0.15) is 45.4 Å². The molecule has 1 heterocycles. The van der Waals surface area contributed by atoms with Crippen molar-refractivity contribution in [1.82, 2.24) is 9.80 Å². The van der Waals surface area contributed by atoms with Crippen molar-refractivity contribution in [3.8, 4) is 0 Å². The fraction of sp³-hybridized carbons (Fsp3) is 1.00. The zero-order chi connectivity index (χ0) is 13.0. The molecule has 0 radical (unpaired) electrons. The minimum atomic E-state index is 0.504. The summed E-state index contributed by atoms with van der Waals surface area (Å²) in [6.07, 6.45) is 8.51. The highest BCUT2D eigenvalue weighted by atomic mass is 32.1. The maximum atomic E-state index is 4.71. The van der Waals surface area contributed by atoms with Crippen molar-refractivity contribution in [2.45, 2.75) is 51.5 Å². The molecule has 0 N–H and O–H groups in total. The van der Waals surface area contributed by atoms with Crippen LogP contribution in [0, 0.1) is 5.41 Å². The average molecular weight is 270 g/mol. The van der Waals surface area contributed by atoms with Gasteiger partial charge in [-0.05, 0) is 38.0 Å². The zero-order valence-electron chi connectivity index (χ0n) is 12.2. The summed E-state index contributed by atoms with van der Waals surface area (Å²) in [5, 5.41) is 0. The molecule has 0 spiro atoms. The lowest BCUT2D eigenvalue weighted by Crippen LogP contribution is -2.53. The molecule has 0 aromatic heterocycles. The summed E-state index contributed by atoms with van der Waals surface area (Å²) in [6.45, 7) is 7.37. The lowest BCUT2D eigenvalue weighted by Gasteiger charge is -2.44. The van der Waals surface area contributed by atoms with Crippen molar-refractivity contribution in [1.29, 1.82) is 0 Å². The Labute approximate surface area is 119 Å². The van der Waals surface area contributed by atoms with E-state index in [0.29, 0.717) is 11.5 Å². The highest BCUT2D eigenvalue weighted by Gasteiger charge is 2.34. The molecule has 0 amide bonds. The predicted octanol–water partition coefficient (Wildman–Crippen LogP) is 2.89. The smallest absolute Gasteiger partial charge is 0.0195 e.